The van der Waals surface area contributed by atoms with E-state index in [2.05, 4.69) is 10.6 Å². The van der Waals surface area contributed by atoms with Gasteiger partial charge in [0.2, 0.25) is 5.91 Å². The highest BCUT2D eigenvalue weighted by Gasteiger charge is 2.32. The molecule has 1 aromatic carbocycles. The molecule has 0 bridgehead atoms. The van der Waals surface area contributed by atoms with Gasteiger partial charge in [0.05, 0.1) is 6.54 Å². The summed E-state index contributed by atoms with van der Waals surface area (Å²) in [7, 11) is 0. The van der Waals surface area contributed by atoms with Crippen LogP contribution in [0.25, 0.3) is 0 Å². The number of amides is 3. The molecule has 7 nitrogen and oxygen atoms in total. The average Bonchev–Trinajstić information content (AvgIpc) is 3.00. The molecule has 3 amide bonds. The van der Waals surface area contributed by atoms with E-state index in [0.29, 0.717) is 32.0 Å². The van der Waals surface area contributed by atoms with Crippen LogP contribution in [0.2, 0.25) is 0 Å². The molecule has 0 spiro atoms. The van der Waals surface area contributed by atoms with Crippen LogP contribution in [0.3, 0.4) is 0 Å². The van der Waals surface area contributed by atoms with Gasteiger partial charge in [-0.15, -0.1) is 0 Å². The van der Waals surface area contributed by atoms with Crippen molar-refractivity contribution in [2.75, 3.05) is 26.2 Å². The third-order valence-corrected chi connectivity index (χ3v) is 3.87. The van der Waals surface area contributed by atoms with Crippen molar-refractivity contribution in [1.29, 1.82) is 0 Å². The van der Waals surface area contributed by atoms with Crippen molar-refractivity contribution in [3.63, 3.8) is 0 Å². The van der Waals surface area contributed by atoms with E-state index < -0.39 is 6.04 Å². The molecule has 0 aliphatic carbocycles. The van der Waals surface area contributed by atoms with Crippen LogP contribution in [0.1, 0.15) is 13.3 Å². The molecule has 1 aromatic rings. The van der Waals surface area contributed by atoms with Gasteiger partial charge in [-0.3, -0.25) is 4.79 Å². The lowest BCUT2D eigenvalue weighted by Gasteiger charge is -2.32. The average molecular weight is 319 g/mol. The second-order valence-electron chi connectivity index (χ2n) is 5.69. The Morgan fingerprint density at radius 3 is 2.83 bits per heavy atom. The second kappa shape index (κ2) is 6.76. The number of carbonyl (C=O) groups excluding carboxylic acids is 2. The van der Waals surface area contributed by atoms with Gasteiger partial charge >= 0.3 is 6.03 Å². The molecule has 0 aromatic heterocycles. The number of rotatable bonds is 5. The van der Waals surface area contributed by atoms with Crippen LogP contribution >= 0.6 is 0 Å². The van der Waals surface area contributed by atoms with E-state index in [1.165, 1.54) is 0 Å². The van der Waals surface area contributed by atoms with Gasteiger partial charge < -0.3 is 25.0 Å². The number of urea groups is 1. The van der Waals surface area contributed by atoms with Gasteiger partial charge in [-0.2, -0.15) is 0 Å². The third kappa shape index (κ3) is 3.49. The zero-order chi connectivity index (χ0) is 16.2. The van der Waals surface area contributed by atoms with Gasteiger partial charge in [-0.1, -0.05) is 19.1 Å². The monoisotopic (exact) mass is 319 g/mol. The summed E-state index contributed by atoms with van der Waals surface area (Å²) in [6, 6.07) is 6.69. The summed E-state index contributed by atoms with van der Waals surface area (Å²) in [6.07, 6.45) is 0.620. The number of nitrogens with zero attached hydrogens (tertiary/aromatic N) is 1. The third-order valence-electron chi connectivity index (χ3n) is 3.87. The first-order valence-corrected chi connectivity index (χ1v) is 7.89. The molecule has 2 N–H and O–H groups in total. The lowest BCUT2D eigenvalue weighted by atomic mass is 10.2. The largest absolute Gasteiger partial charge is 0.486 e. The lowest BCUT2D eigenvalue weighted by Crippen LogP contribution is -2.50. The predicted molar refractivity (Wildman–Crippen MR) is 83.5 cm³/mol. The minimum Gasteiger partial charge on any atom is -0.486 e. The van der Waals surface area contributed by atoms with Crippen LogP contribution < -0.4 is 20.1 Å². The van der Waals surface area contributed by atoms with Crippen LogP contribution in [0.15, 0.2) is 24.3 Å². The number of benzene rings is 1. The fourth-order valence-electron chi connectivity index (χ4n) is 2.78. The molecule has 1 fully saturated rings. The fourth-order valence-corrected chi connectivity index (χ4v) is 2.78. The Balaban J connectivity index is 1.63. The van der Waals surface area contributed by atoms with Gasteiger partial charge in [-0.25, -0.2) is 4.79 Å². The topological polar surface area (TPSA) is 79.9 Å². The highest BCUT2D eigenvalue weighted by molar-refractivity contribution is 5.90. The maximum Gasteiger partial charge on any atom is 0.315 e. The normalized spacial score (nSPS) is 22.2. The molecule has 0 saturated carbocycles. The maximum atomic E-state index is 12.6. The van der Waals surface area contributed by atoms with Crippen molar-refractivity contribution < 1.29 is 19.1 Å². The highest BCUT2D eigenvalue weighted by atomic mass is 16.6. The zero-order valence-electron chi connectivity index (χ0n) is 13.1. The number of hydrogen-bond donors (Lipinski definition) is 2. The van der Waals surface area contributed by atoms with Crippen molar-refractivity contribution in [3.8, 4) is 11.5 Å². The first kappa shape index (κ1) is 15.5. The molecule has 0 unspecified atom stereocenters. The molecule has 1 saturated heterocycles. The van der Waals surface area contributed by atoms with Gasteiger partial charge in [0.1, 0.15) is 12.6 Å². The molecule has 0 radical (unpaired) electrons. The van der Waals surface area contributed by atoms with Crippen LogP contribution in [0.4, 0.5) is 4.79 Å². The van der Waals surface area contributed by atoms with E-state index in [4.69, 9.17) is 9.47 Å². The number of ether oxygens (including phenoxy) is 2. The smallest absolute Gasteiger partial charge is 0.315 e. The first-order chi connectivity index (χ1) is 11.2. The standard InChI is InChI=1S/C16H21N3O4/c1-2-7-19(15(20)12-8-17-16(21)18-12)9-11-10-22-13-5-3-4-6-14(13)23-11/h3-6,11-12H,2,7-10H2,1H3,(H2,17,18,21)/t11-,12+/m0/s1. The molecule has 2 aliphatic rings. The van der Waals surface area contributed by atoms with Crippen molar-refractivity contribution in [2.45, 2.75) is 25.5 Å². The van der Waals surface area contributed by atoms with E-state index >= 15 is 0 Å². The SMILES string of the molecule is CCCN(C[C@H]1COc2ccccc2O1)C(=O)[C@H]1CNC(=O)N1. The summed E-state index contributed by atoms with van der Waals surface area (Å²) in [4.78, 5) is 25.5. The Morgan fingerprint density at radius 1 is 1.35 bits per heavy atom. The lowest BCUT2D eigenvalue weighted by molar-refractivity contribution is -0.134. The van der Waals surface area contributed by atoms with Gasteiger partial charge in [-0.05, 0) is 18.6 Å². The van der Waals surface area contributed by atoms with E-state index in [9.17, 15) is 9.59 Å². The fraction of sp³-hybridized carbons (Fsp3) is 0.500. The Kier molecular flexibility index (Phi) is 4.55. The molecule has 3 rings (SSSR count). The Bertz CT molecular complexity index is 592. The zero-order valence-corrected chi connectivity index (χ0v) is 13.1. The Morgan fingerprint density at radius 2 is 2.13 bits per heavy atom. The van der Waals surface area contributed by atoms with E-state index in [1.807, 2.05) is 31.2 Å². The number of hydrogen-bond acceptors (Lipinski definition) is 4. The molecule has 2 heterocycles. The van der Waals surface area contributed by atoms with E-state index in [-0.39, 0.29) is 18.0 Å². The van der Waals surface area contributed by atoms with Gasteiger partial charge in [0, 0.05) is 13.1 Å². The molecular weight excluding hydrogens is 298 g/mol. The molecule has 23 heavy (non-hydrogen) atoms. The van der Waals surface area contributed by atoms with Gasteiger partial charge in [0.15, 0.2) is 17.6 Å². The number of nitrogens with one attached hydrogen (secondary N) is 2. The van der Waals surface area contributed by atoms with Crippen molar-refractivity contribution in [2.24, 2.45) is 0 Å². The van der Waals surface area contributed by atoms with Crippen molar-refractivity contribution in [3.05, 3.63) is 24.3 Å². The minimum atomic E-state index is -0.508. The van der Waals surface area contributed by atoms with Crippen LogP contribution in [-0.2, 0) is 4.79 Å². The summed E-state index contributed by atoms with van der Waals surface area (Å²) in [6.45, 7) is 3.79. The minimum absolute atomic E-state index is 0.0901. The Labute approximate surface area is 134 Å². The molecule has 2 atom stereocenters. The van der Waals surface area contributed by atoms with Crippen molar-refractivity contribution >= 4 is 11.9 Å². The summed E-state index contributed by atoms with van der Waals surface area (Å²) < 4.78 is 11.6. The summed E-state index contributed by atoms with van der Waals surface area (Å²) in [5.74, 6) is 1.33. The predicted octanol–water partition coefficient (Wildman–Crippen LogP) is 0.746. The van der Waals surface area contributed by atoms with Crippen LogP contribution in [0.5, 0.6) is 11.5 Å². The van der Waals surface area contributed by atoms with E-state index in [1.54, 1.807) is 4.90 Å². The van der Waals surface area contributed by atoms with Gasteiger partial charge in [0.25, 0.3) is 0 Å². The first-order valence-electron chi connectivity index (χ1n) is 7.89. The molecule has 7 heteroatoms. The summed E-state index contributed by atoms with van der Waals surface area (Å²) in [5.41, 5.74) is 0. The number of carbonyl (C=O) groups is 2. The molecular formula is C16H21N3O4. The van der Waals surface area contributed by atoms with Crippen molar-refractivity contribution in [1.82, 2.24) is 15.5 Å². The number of fused-ring (bicyclic) bond motifs is 1. The second-order valence-corrected chi connectivity index (χ2v) is 5.69. The maximum absolute atomic E-state index is 12.6. The van der Waals surface area contributed by atoms with Crippen LogP contribution in [0, 0.1) is 0 Å². The molecule has 2 aliphatic heterocycles. The summed E-state index contributed by atoms with van der Waals surface area (Å²) in [5, 5.41) is 5.24. The number of para-hydroxylation sites is 2. The highest BCUT2D eigenvalue weighted by Crippen LogP contribution is 2.31. The van der Waals surface area contributed by atoms with E-state index in [0.717, 1.165) is 12.2 Å². The Hall–Kier alpha value is -2.44. The quantitative estimate of drug-likeness (QED) is 0.839. The summed E-state index contributed by atoms with van der Waals surface area (Å²) >= 11 is 0. The molecule has 124 valence electrons. The van der Waals surface area contributed by atoms with Crippen LogP contribution in [-0.4, -0.2) is 55.2 Å².